The smallest absolute Gasteiger partial charge is 0.431 e. The van der Waals surface area contributed by atoms with Crippen LogP contribution in [-0.2, 0) is 20.5 Å². The molecule has 0 bridgehead atoms. The van der Waals surface area contributed by atoms with Crippen LogP contribution < -0.4 is 9.46 Å². The molecule has 2 rings (SSSR count). The molecular formula is C17H18N2O6S. The first-order valence-corrected chi connectivity index (χ1v) is 9.33. The molecule has 1 amide bonds. The zero-order chi connectivity index (χ0) is 19.2. The minimum atomic E-state index is -3.86. The van der Waals surface area contributed by atoms with E-state index >= 15 is 0 Å². The number of nitrogens with zero attached hydrogens (tertiary/aromatic N) is 1. The number of benzene rings is 1. The van der Waals surface area contributed by atoms with Crippen molar-refractivity contribution >= 4 is 22.1 Å². The van der Waals surface area contributed by atoms with Crippen LogP contribution >= 0.6 is 0 Å². The first kappa shape index (κ1) is 19.4. The Labute approximate surface area is 151 Å². The first-order chi connectivity index (χ1) is 12.2. The summed E-state index contributed by atoms with van der Waals surface area (Å²) in [4.78, 5) is 27.2. The Morgan fingerprint density at radius 3 is 2.38 bits per heavy atom. The van der Waals surface area contributed by atoms with Gasteiger partial charge in [-0.25, -0.2) is 22.9 Å². The highest BCUT2D eigenvalue weighted by Crippen LogP contribution is 2.10. The van der Waals surface area contributed by atoms with Gasteiger partial charge in [-0.2, -0.15) is 0 Å². The van der Waals surface area contributed by atoms with Crippen molar-refractivity contribution in [2.45, 2.75) is 25.7 Å². The molecule has 1 heterocycles. The minimum Gasteiger partial charge on any atom is -0.431 e. The van der Waals surface area contributed by atoms with Gasteiger partial charge in [0.15, 0.2) is 0 Å². The van der Waals surface area contributed by atoms with Gasteiger partial charge in [0.2, 0.25) is 15.9 Å². The molecule has 0 radical (unpaired) electrons. The molecule has 0 spiro atoms. The van der Waals surface area contributed by atoms with Crippen LogP contribution in [0, 0.1) is 0 Å². The Balaban J connectivity index is 1.98. The van der Waals surface area contributed by atoms with Crippen molar-refractivity contribution in [3.8, 4) is 5.88 Å². The number of carbonyl (C=O) groups is 2. The molecule has 1 aromatic heterocycles. The van der Waals surface area contributed by atoms with Gasteiger partial charge in [-0.15, -0.1) is 0 Å². The third-order valence-corrected chi connectivity index (χ3v) is 4.18. The van der Waals surface area contributed by atoms with Gasteiger partial charge in [-0.3, -0.25) is 4.79 Å². The number of nitrogens with one attached hydrogen (secondary N) is 1. The second-order valence-electron chi connectivity index (χ2n) is 5.58. The largest absolute Gasteiger partial charge is 0.515 e. The molecule has 1 aromatic carbocycles. The number of aromatic nitrogens is 1. The van der Waals surface area contributed by atoms with Gasteiger partial charge in [0, 0.05) is 12.3 Å². The lowest BCUT2D eigenvalue weighted by atomic mass is 10.2. The number of hydrogen-bond acceptors (Lipinski definition) is 7. The average Bonchev–Trinajstić information content (AvgIpc) is 2.54. The van der Waals surface area contributed by atoms with Gasteiger partial charge in [0.25, 0.3) is 5.91 Å². The Hall–Kier alpha value is -2.94. The fourth-order valence-corrected chi connectivity index (χ4v) is 3.01. The molecule has 0 unspecified atom stereocenters. The van der Waals surface area contributed by atoms with Gasteiger partial charge in [0.05, 0.1) is 17.4 Å². The first-order valence-electron chi connectivity index (χ1n) is 7.68. The molecule has 0 aliphatic heterocycles. The summed E-state index contributed by atoms with van der Waals surface area (Å²) in [5.74, 6) is -1.22. The van der Waals surface area contributed by atoms with Crippen LogP contribution in [-0.4, -0.2) is 31.6 Å². The van der Waals surface area contributed by atoms with E-state index in [2.05, 4.69) is 4.98 Å². The number of sulfonamides is 1. The molecule has 0 aliphatic rings. The van der Waals surface area contributed by atoms with Crippen molar-refractivity contribution in [1.29, 1.82) is 0 Å². The summed E-state index contributed by atoms with van der Waals surface area (Å²) in [6.07, 6.45) is -0.164. The summed E-state index contributed by atoms with van der Waals surface area (Å²) < 4.78 is 35.7. The van der Waals surface area contributed by atoms with Crippen molar-refractivity contribution in [1.82, 2.24) is 9.71 Å². The van der Waals surface area contributed by atoms with E-state index in [9.17, 15) is 18.0 Å². The molecule has 0 aliphatic carbocycles. The highest BCUT2D eigenvalue weighted by molar-refractivity contribution is 7.89. The van der Waals surface area contributed by atoms with E-state index in [1.807, 2.05) is 4.72 Å². The molecule has 9 heteroatoms. The number of hydrogen-bond donors (Lipinski definition) is 1. The molecule has 138 valence electrons. The van der Waals surface area contributed by atoms with E-state index in [1.165, 1.54) is 12.1 Å². The second-order valence-corrected chi connectivity index (χ2v) is 7.30. The van der Waals surface area contributed by atoms with Crippen molar-refractivity contribution in [2.75, 3.05) is 0 Å². The van der Waals surface area contributed by atoms with Gasteiger partial charge in [0.1, 0.15) is 0 Å². The van der Waals surface area contributed by atoms with Crippen molar-refractivity contribution in [3.05, 3.63) is 59.8 Å². The number of amides is 1. The van der Waals surface area contributed by atoms with E-state index < -0.39 is 22.1 Å². The van der Waals surface area contributed by atoms with Crippen molar-refractivity contribution in [3.63, 3.8) is 0 Å². The lowest BCUT2D eigenvalue weighted by Gasteiger charge is -2.09. The minimum absolute atomic E-state index is 0.00575. The van der Waals surface area contributed by atoms with Gasteiger partial charge in [-0.1, -0.05) is 30.3 Å². The number of rotatable bonds is 6. The summed E-state index contributed by atoms with van der Waals surface area (Å²) in [7, 11) is -3.86. The SMILES string of the molecule is CC(C)OC(=O)Oc1ccc(C(=O)NS(=O)(=O)Cc2ccccc2)cn1. The van der Waals surface area contributed by atoms with E-state index in [0.29, 0.717) is 5.56 Å². The summed E-state index contributed by atoms with van der Waals surface area (Å²) in [6, 6.07) is 11.0. The standard InChI is InChI=1S/C17H18N2O6S/c1-12(2)24-17(21)25-15-9-8-14(10-18-15)16(20)19-26(22,23)11-13-6-4-3-5-7-13/h3-10,12H,11H2,1-2H3,(H,19,20). The van der Waals surface area contributed by atoms with Crippen molar-refractivity contribution < 1.29 is 27.5 Å². The average molecular weight is 378 g/mol. The van der Waals surface area contributed by atoms with E-state index in [-0.39, 0.29) is 23.3 Å². The lowest BCUT2D eigenvalue weighted by Crippen LogP contribution is -2.31. The molecule has 8 nitrogen and oxygen atoms in total. The molecular weight excluding hydrogens is 360 g/mol. The number of carbonyl (C=O) groups excluding carboxylic acids is 2. The topological polar surface area (TPSA) is 112 Å². The molecule has 0 fully saturated rings. The maximum atomic E-state index is 12.1. The Bertz CT molecular complexity index is 864. The van der Waals surface area contributed by atoms with E-state index in [0.717, 1.165) is 6.20 Å². The molecule has 0 saturated heterocycles. The predicted octanol–water partition coefficient (Wildman–Crippen LogP) is 2.27. The normalized spacial score (nSPS) is 11.0. The quantitative estimate of drug-likeness (QED) is 0.767. The van der Waals surface area contributed by atoms with Crippen LogP contribution in [0.2, 0.25) is 0 Å². The Morgan fingerprint density at radius 2 is 1.81 bits per heavy atom. The number of pyridine rings is 1. The van der Waals surface area contributed by atoms with E-state index in [1.54, 1.807) is 44.2 Å². The predicted molar refractivity (Wildman–Crippen MR) is 93.0 cm³/mol. The van der Waals surface area contributed by atoms with Gasteiger partial charge >= 0.3 is 6.16 Å². The van der Waals surface area contributed by atoms with Crippen LogP contribution in [0.4, 0.5) is 4.79 Å². The summed E-state index contributed by atoms with van der Waals surface area (Å²) in [5, 5.41) is 0. The zero-order valence-electron chi connectivity index (χ0n) is 14.2. The zero-order valence-corrected chi connectivity index (χ0v) is 15.0. The van der Waals surface area contributed by atoms with Crippen LogP contribution in [0.5, 0.6) is 5.88 Å². The summed E-state index contributed by atoms with van der Waals surface area (Å²) in [6.45, 7) is 3.33. The van der Waals surface area contributed by atoms with Crippen LogP contribution in [0.15, 0.2) is 48.7 Å². The van der Waals surface area contributed by atoms with Crippen LogP contribution in [0.3, 0.4) is 0 Å². The molecule has 1 N–H and O–H groups in total. The molecule has 26 heavy (non-hydrogen) atoms. The van der Waals surface area contributed by atoms with Gasteiger partial charge < -0.3 is 9.47 Å². The lowest BCUT2D eigenvalue weighted by molar-refractivity contribution is 0.0716. The summed E-state index contributed by atoms with van der Waals surface area (Å²) in [5.41, 5.74) is 0.560. The monoisotopic (exact) mass is 378 g/mol. The number of ether oxygens (including phenoxy) is 2. The Kier molecular flexibility index (Phi) is 6.29. The third-order valence-electron chi connectivity index (χ3n) is 2.97. The fraction of sp³-hybridized carbons (Fsp3) is 0.235. The highest BCUT2D eigenvalue weighted by Gasteiger charge is 2.17. The fourth-order valence-electron chi connectivity index (χ4n) is 1.91. The molecule has 2 aromatic rings. The van der Waals surface area contributed by atoms with Crippen LogP contribution in [0.1, 0.15) is 29.8 Å². The van der Waals surface area contributed by atoms with E-state index in [4.69, 9.17) is 9.47 Å². The maximum Gasteiger partial charge on any atom is 0.515 e. The maximum absolute atomic E-state index is 12.1. The Morgan fingerprint density at radius 1 is 1.12 bits per heavy atom. The molecule has 0 saturated carbocycles. The highest BCUT2D eigenvalue weighted by atomic mass is 32.2. The van der Waals surface area contributed by atoms with Crippen molar-refractivity contribution in [2.24, 2.45) is 0 Å². The third kappa shape index (κ3) is 6.17. The van der Waals surface area contributed by atoms with Gasteiger partial charge in [-0.05, 0) is 25.5 Å². The molecule has 0 atom stereocenters. The summed E-state index contributed by atoms with van der Waals surface area (Å²) >= 11 is 0. The van der Waals surface area contributed by atoms with Crippen LogP contribution in [0.25, 0.3) is 0 Å². The second kappa shape index (κ2) is 8.43.